The standard InChI is InChI=1S/C48H67N9O6S/c1-11-56-39-19-18-31-23-34(39)35(43(56)33-16-12-20-49-41(33)30(4)62-10)25-48(5,6)28-63-46(60)36-17-14-22-57(52-36)45(59)37(24-40-50-38(31)27-64-40)51-44(58)42(29(2)3)55(9)47(61)54(8)32-15-13-21-53(7)26-32/h12,16,18-20,23,27,29-30,32,36-37,42,52H,11,13-15,17,21-22,24-26,28H2,1-10H3,(H,51,58)/t30-,32+,36-,37-,42?/m0/s1. The number of rotatable bonds is 9. The fourth-order valence-corrected chi connectivity index (χ4v) is 10.6. The van der Waals surface area contributed by atoms with Gasteiger partial charge in [-0.3, -0.25) is 24.4 Å². The number of nitrogens with one attached hydrogen (secondary N) is 2. The molecule has 0 spiro atoms. The van der Waals surface area contributed by atoms with Gasteiger partial charge < -0.3 is 34.1 Å². The first kappa shape index (κ1) is 47.1. The van der Waals surface area contributed by atoms with Gasteiger partial charge in [-0.2, -0.15) is 0 Å². The molecule has 0 saturated carbocycles. The average Bonchev–Trinajstić information content (AvgIpc) is 3.88. The Balaban J connectivity index is 1.27. The SMILES string of the molecule is CCn1c(-c2cccnc2[C@H](C)OC)c2c3cc(ccc31)-c1csc(n1)C[C@H](NC(=O)C(C(C)C)N(C)C(=O)N(C)[C@@H]1CCCN(C)C1)C(=O)N1CCC[C@H](N1)C(=O)OCC(C)(C)C2. The van der Waals surface area contributed by atoms with Crippen LogP contribution in [-0.4, -0.2) is 137 Å². The van der Waals surface area contributed by atoms with E-state index in [1.807, 2.05) is 32.2 Å². The molecule has 5 atom stereocenters. The number of hydrazine groups is 1. The number of amides is 4. The summed E-state index contributed by atoms with van der Waals surface area (Å²) in [4.78, 5) is 72.3. The van der Waals surface area contributed by atoms with Gasteiger partial charge >= 0.3 is 12.0 Å². The number of aromatic nitrogens is 3. The summed E-state index contributed by atoms with van der Waals surface area (Å²) in [5.74, 6) is -1.52. The summed E-state index contributed by atoms with van der Waals surface area (Å²) in [6, 6.07) is 7.60. The van der Waals surface area contributed by atoms with E-state index in [1.165, 1.54) is 21.2 Å². The molecule has 1 aromatic carbocycles. The highest BCUT2D eigenvalue weighted by Gasteiger charge is 2.39. The number of pyridine rings is 1. The maximum Gasteiger partial charge on any atom is 0.324 e. The number of nitrogens with zero attached hydrogens (tertiary/aromatic N) is 7. The molecule has 2 N–H and O–H groups in total. The Morgan fingerprint density at radius 2 is 1.88 bits per heavy atom. The molecule has 4 aromatic rings. The first-order chi connectivity index (χ1) is 30.5. The van der Waals surface area contributed by atoms with E-state index in [1.54, 1.807) is 32.3 Å². The maximum atomic E-state index is 14.6. The van der Waals surface area contributed by atoms with Gasteiger partial charge in [0.2, 0.25) is 5.91 Å². The third-order valence-electron chi connectivity index (χ3n) is 13.2. The van der Waals surface area contributed by atoms with Crippen molar-refractivity contribution in [1.82, 2.24) is 45.0 Å². The van der Waals surface area contributed by atoms with Crippen molar-refractivity contribution in [3.63, 3.8) is 0 Å². The second kappa shape index (κ2) is 19.7. The summed E-state index contributed by atoms with van der Waals surface area (Å²) in [5, 5.41) is 8.24. The lowest BCUT2D eigenvalue weighted by Crippen LogP contribution is -2.62. The van der Waals surface area contributed by atoms with Crippen LogP contribution < -0.4 is 10.7 Å². The highest BCUT2D eigenvalue weighted by atomic mass is 32.1. The van der Waals surface area contributed by atoms with E-state index in [-0.39, 0.29) is 43.0 Å². The fourth-order valence-electron chi connectivity index (χ4n) is 9.73. The number of benzene rings is 1. The average molecular weight is 898 g/mol. The molecule has 1 unspecified atom stereocenters. The number of carbonyl (C=O) groups excluding carboxylic acids is 4. The predicted octanol–water partition coefficient (Wildman–Crippen LogP) is 6.30. The molecule has 2 fully saturated rings. The van der Waals surface area contributed by atoms with Crippen molar-refractivity contribution >= 4 is 46.1 Å². The minimum absolute atomic E-state index is 0.0301. The molecule has 3 aromatic heterocycles. The molecule has 3 aliphatic heterocycles. The Morgan fingerprint density at radius 3 is 2.59 bits per heavy atom. The summed E-state index contributed by atoms with van der Waals surface area (Å²) in [6.45, 7) is 15.1. The van der Waals surface area contributed by atoms with Crippen molar-refractivity contribution in [3.8, 4) is 22.5 Å². The van der Waals surface area contributed by atoms with Crippen LogP contribution in [0.2, 0.25) is 0 Å². The first-order valence-electron chi connectivity index (χ1n) is 22.8. The van der Waals surface area contributed by atoms with Gasteiger partial charge in [0.25, 0.3) is 5.91 Å². The summed E-state index contributed by atoms with van der Waals surface area (Å²) < 4.78 is 14.3. The molecule has 0 aliphatic carbocycles. The van der Waals surface area contributed by atoms with Crippen molar-refractivity contribution in [2.75, 3.05) is 54.5 Å². The highest BCUT2D eigenvalue weighted by Crippen LogP contribution is 2.42. The number of carbonyl (C=O) groups is 4. The number of likely N-dealkylation sites (N-methyl/N-ethyl adjacent to an activating group) is 3. The zero-order chi connectivity index (χ0) is 46.0. The number of likely N-dealkylation sites (tertiary alicyclic amines) is 1. The van der Waals surface area contributed by atoms with Gasteiger partial charge in [-0.1, -0.05) is 33.8 Å². The molecule has 15 nitrogen and oxygen atoms in total. The molecule has 16 heteroatoms. The number of esters is 1. The van der Waals surface area contributed by atoms with Crippen LogP contribution in [0.15, 0.2) is 41.9 Å². The monoisotopic (exact) mass is 897 g/mol. The van der Waals surface area contributed by atoms with Crippen molar-refractivity contribution in [2.24, 2.45) is 11.3 Å². The van der Waals surface area contributed by atoms with Crippen molar-refractivity contribution in [1.29, 1.82) is 0 Å². The lowest BCUT2D eigenvalue weighted by molar-refractivity contribution is -0.155. The van der Waals surface area contributed by atoms with Gasteiger partial charge in [-0.05, 0) is 95.3 Å². The van der Waals surface area contributed by atoms with Crippen LogP contribution in [0, 0.1) is 11.3 Å². The molecule has 6 heterocycles. The molecule has 64 heavy (non-hydrogen) atoms. The number of piperidine rings is 1. The number of hydrogen-bond donors (Lipinski definition) is 2. The zero-order valence-electron chi connectivity index (χ0n) is 39.3. The number of fused-ring (bicyclic) bond motifs is 6. The van der Waals surface area contributed by atoms with Crippen LogP contribution >= 0.6 is 11.3 Å². The lowest BCUT2D eigenvalue weighted by Gasteiger charge is -2.40. The molecule has 4 amide bonds. The van der Waals surface area contributed by atoms with Crippen LogP contribution in [-0.2, 0) is 43.2 Å². The van der Waals surface area contributed by atoms with Gasteiger partial charge in [-0.15, -0.1) is 11.3 Å². The van der Waals surface area contributed by atoms with E-state index in [0.717, 1.165) is 70.6 Å². The van der Waals surface area contributed by atoms with Crippen LogP contribution in [0.5, 0.6) is 0 Å². The van der Waals surface area contributed by atoms with E-state index >= 15 is 0 Å². The number of aryl methyl sites for hydroxylation is 1. The Kier molecular flexibility index (Phi) is 14.5. The number of ether oxygens (including phenoxy) is 2. The Labute approximate surface area is 381 Å². The summed E-state index contributed by atoms with van der Waals surface area (Å²) >= 11 is 1.43. The van der Waals surface area contributed by atoms with Gasteiger partial charge in [0.1, 0.15) is 18.1 Å². The van der Waals surface area contributed by atoms with Gasteiger partial charge in [0.05, 0.1) is 34.8 Å². The van der Waals surface area contributed by atoms with Gasteiger partial charge in [-0.25, -0.2) is 15.2 Å². The second-order valence-electron chi connectivity index (χ2n) is 19.0. The zero-order valence-corrected chi connectivity index (χ0v) is 40.1. The summed E-state index contributed by atoms with van der Waals surface area (Å²) in [5.41, 5.74) is 9.41. The molecule has 346 valence electrons. The van der Waals surface area contributed by atoms with Gasteiger partial charge in [0, 0.05) is 92.3 Å². The van der Waals surface area contributed by atoms with E-state index in [0.29, 0.717) is 37.4 Å². The summed E-state index contributed by atoms with van der Waals surface area (Å²) in [7, 11) is 7.21. The minimum atomic E-state index is -1.04. The Morgan fingerprint density at radius 1 is 1.11 bits per heavy atom. The van der Waals surface area contributed by atoms with Crippen molar-refractivity contribution < 1.29 is 28.7 Å². The third-order valence-corrected chi connectivity index (χ3v) is 14.1. The normalized spacial score (nSPS) is 21.9. The second-order valence-corrected chi connectivity index (χ2v) is 20.0. The number of methoxy groups -OCH3 is 1. The smallest absolute Gasteiger partial charge is 0.324 e. The molecule has 2 saturated heterocycles. The molecule has 6 bridgehead atoms. The minimum Gasteiger partial charge on any atom is -0.464 e. The molecule has 0 radical (unpaired) electrons. The Bertz CT molecular complexity index is 2340. The highest BCUT2D eigenvalue weighted by molar-refractivity contribution is 7.10. The van der Waals surface area contributed by atoms with E-state index < -0.39 is 35.4 Å². The van der Waals surface area contributed by atoms with Crippen molar-refractivity contribution in [2.45, 2.75) is 117 Å². The number of cyclic esters (lactones) is 1. The number of hydrogen-bond acceptors (Lipinski definition) is 11. The van der Waals surface area contributed by atoms with E-state index in [2.05, 4.69) is 72.3 Å². The van der Waals surface area contributed by atoms with Crippen LogP contribution in [0.4, 0.5) is 4.79 Å². The fraction of sp³-hybridized carbons (Fsp3) is 0.583. The lowest BCUT2D eigenvalue weighted by atomic mass is 9.84. The topological polar surface area (TPSA) is 154 Å². The van der Waals surface area contributed by atoms with Crippen LogP contribution in [0.3, 0.4) is 0 Å². The number of thiazole rings is 1. The van der Waals surface area contributed by atoms with Crippen LogP contribution in [0.1, 0.15) is 89.6 Å². The molecule has 3 aliphatic rings. The Hall–Kier alpha value is -4.90. The first-order valence-corrected chi connectivity index (χ1v) is 23.7. The van der Waals surface area contributed by atoms with Crippen LogP contribution in [0.25, 0.3) is 33.4 Å². The third kappa shape index (κ3) is 9.85. The van der Waals surface area contributed by atoms with E-state index in [4.69, 9.17) is 19.4 Å². The predicted molar refractivity (Wildman–Crippen MR) is 249 cm³/mol. The quantitative estimate of drug-likeness (QED) is 0.183. The number of urea groups is 1. The van der Waals surface area contributed by atoms with E-state index in [9.17, 15) is 19.2 Å². The molecular weight excluding hydrogens is 831 g/mol. The van der Waals surface area contributed by atoms with Crippen molar-refractivity contribution in [3.05, 3.63) is 58.2 Å². The molecule has 7 rings (SSSR count). The molecular formula is C48H67N9O6S. The van der Waals surface area contributed by atoms with Gasteiger partial charge in [0.15, 0.2) is 0 Å². The maximum absolute atomic E-state index is 14.6. The largest absolute Gasteiger partial charge is 0.464 e. The summed E-state index contributed by atoms with van der Waals surface area (Å²) in [6.07, 6.45) is 5.18.